The summed E-state index contributed by atoms with van der Waals surface area (Å²) in [5.41, 5.74) is 0.748. The maximum absolute atomic E-state index is 16.2. The number of methoxy groups -OCH3 is 1. The summed E-state index contributed by atoms with van der Waals surface area (Å²) in [6.07, 6.45) is 5.17. The van der Waals surface area contributed by atoms with Gasteiger partial charge < -0.3 is 18.9 Å². The SMILES string of the molecule is CCC.CCc1c(Oc2ccccc2)cc(F)c(Cl)c1-c1c(C(=O)OC)ccc(CCCOC2CCCCO2)c1F. The van der Waals surface area contributed by atoms with Crippen molar-refractivity contribution in [2.75, 3.05) is 20.3 Å². The van der Waals surface area contributed by atoms with E-state index in [1.807, 2.05) is 13.0 Å². The molecular formula is C33H39ClF2O5. The summed E-state index contributed by atoms with van der Waals surface area (Å²) < 4.78 is 53.6. The molecule has 1 unspecified atom stereocenters. The highest BCUT2D eigenvalue weighted by Crippen LogP contribution is 2.44. The molecule has 0 radical (unpaired) electrons. The smallest absolute Gasteiger partial charge is 0.338 e. The Bertz CT molecular complexity index is 1280. The average molecular weight is 589 g/mol. The average Bonchev–Trinajstić information content (AvgIpc) is 2.99. The van der Waals surface area contributed by atoms with Gasteiger partial charge >= 0.3 is 5.97 Å². The van der Waals surface area contributed by atoms with Crippen LogP contribution in [0.15, 0.2) is 48.5 Å². The second kappa shape index (κ2) is 16.4. The number of para-hydroxylation sites is 1. The number of hydrogen-bond acceptors (Lipinski definition) is 5. The number of carbonyl (C=O) groups is 1. The zero-order valence-electron chi connectivity index (χ0n) is 24.2. The van der Waals surface area contributed by atoms with Crippen molar-refractivity contribution >= 4 is 17.6 Å². The molecule has 0 aliphatic carbocycles. The molecule has 0 aromatic heterocycles. The summed E-state index contributed by atoms with van der Waals surface area (Å²) >= 11 is 6.46. The number of aryl methyl sites for hydroxylation is 1. The maximum atomic E-state index is 16.2. The Labute approximate surface area is 246 Å². The number of carbonyl (C=O) groups excluding carboxylic acids is 1. The Morgan fingerprint density at radius 2 is 1.78 bits per heavy atom. The third-order valence-corrected chi connectivity index (χ3v) is 6.89. The fourth-order valence-corrected chi connectivity index (χ4v) is 4.88. The Morgan fingerprint density at radius 1 is 1.05 bits per heavy atom. The van der Waals surface area contributed by atoms with Crippen molar-refractivity contribution in [2.24, 2.45) is 0 Å². The third-order valence-electron chi connectivity index (χ3n) is 6.52. The highest BCUT2D eigenvalue weighted by atomic mass is 35.5. The summed E-state index contributed by atoms with van der Waals surface area (Å²) in [7, 11) is 1.21. The van der Waals surface area contributed by atoms with Crippen LogP contribution >= 0.6 is 11.6 Å². The van der Waals surface area contributed by atoms with Crippen molar-refractivity contribution in [1.82, 2.24) is 0 Å². The molecule has 8 heteroatoms. The van der Waals surface area contributed by atoms with Crippen LogP contribution in [-0.4, -0.2) is 32.6 Å². The molecule has 0 saturated carbocycles. The van der Waals surface area contributed by atoms with Crippen LogP contribution in [0.4, 0.5) is 8.78 Å². The van der Waals surface area contributed by atoms with Gasteiger partial charge in [-0.2, -0.15) is 0 Å². The summed E-state index contributed by atoms with van der Waals surface area (Å²) in [4.78, 5) is 12.7. The zero-order chi connectivity index (χ0) is 29.8. The summed E-state index contributed by atoms with van der Waals surface area (Å²) in [5.74, 6) is -1.52. The van der Waals surface area contributed by atoms with Gasteiger partial charge in [-0.3, -0.25) is 0 Å². The molecule has 4 rings (SSSR count). The minimum atomic E-state index is -0.786. The van der Waals surface area contributed by atoms with Gasteiger partial charge in [-0.05, 0) is 62.3 Å². The number of hydrogen-bond donors (Lipinski definition) is 0. The largest absolute Gasteiger partial charge is 0.465 e. The van der Waals surface area contributed by atoms with Gasteiger partial charge in [0, 0.05) is 29.4 Å². The predicted octanol–water partition coefficient (Wildman–Crippen LogP) is 9.32. The van der Waals surface area contributed by atoms with E-state index in [9.17, 15) is 4.79 Å². The molecule has 41 heavy (non-hydrogen) atoms. The first-order valence-corrected chi connectivity index (χ1v) is 14.6. The lowest BCUT2D eigenvalue weighted by molar-refractivity contribution is -0.162. The topological polar surface area (TPSA) is 54.0 Å². The highest BCUT2D eigenvalue weighted by molar-refractivity contribution is 6.34. The number of benzene rings is 3. The second-order valence-electron chi connectivity index (χ2n) is 9.72. The van der Waals surface area contributed by atoms with Crippen LogP contribution in [0.25, 0.3) is 11.1 Å². The van der Waals surface area contributed by atoms with Crippen LogP contribution in [0, 0.1) is 11.6 Å². The van der Waals surface area contributed by atoms with Gasteiger partial charge in [0.25, 0.3) is 0 Å². The Morgan fingerprint density at radius 3 is 2.41 bits per heavy atom. The molecular weight excluding hydrogens is 550 g/mol. The lowest BCUT2D eigenvalue weighted by Gasteiger charge is -2.22. The van der Waals surface area contributed by atoms with Crippen LogP contribution in [-0.2, 0) is 27.1 Å². The molecule has 5 nitrogen and oxygen atoms in total. The summed E-state index contributed by atoms with van der Waals surface area (Å²) in [6.45, 7) is 7.16. The maximum Gasteiger partial charge on any atom is 0.338 e. The standard InChI is InChI=1S/C30H31ClF2O5.C3H8/c1-3-21-24(38-20-11-5-4-6-12-20)18-23(32)28(31)26(21)27-22(30(34)35-2)15-14-19(29(27)33)10-9-17-37-25-13-7-8-16-36-25;1-3-2/h4-6,11-12,14-15,18,25H,3,7-10,13,16-17H2,1-2H3;3H2,1-2H3. The molecule has 1 aliphatic rings. The highest BCUT2D eigenvalue weighted by Gasteiger charge is 2.28. The van der Waals surface area contributed by atoms with Crippen molar-refractivity contribution in [3.8, 4) is 22.6 Å². The van der Waals surface area contributed by atoms with Crippen LogP contribution in [0.2, 0.25) is 5.02 Å². The molecule has 1 saturated heterocycles. The minimum Gasteiger partial charge on any atom is -0.465 e. The summed E-state index contributed by atoms with van der Waals surface area (Å²) in [6, 6.07) is 13.1. The molecule has 3 aromatic carbocycles. The molecule has 1 heterocycles. The normalized spacial score (nSPS) is 14.7. The molecule has 0 spiro atoms. The van der Waals surface area contributed by atoms with Crippen LogP contribution < -0.4 is 4.74 Å². The van der Waals surface area contributed by atoms with E-state index < -0.39 is 17.6 Å². The molecule has 1 aliphatic heterocycles. The van der Waals surface area contributed by atoms with E-state index in [0.29, 0.717) is 49.4 Å². The molecule has 1 atom stereocenters. The number of rotatable bonds is 10. The summed E-state index contributed by atoms with van der Waals surface area (Å²) in [5, 5.41) is -0.291. The fraction of sp³-hybridized carbons (Fsp3) is 0.424. The first kappa shape index (κ1) is 32.5. The van der Waals surface area contributed by atoms with Gasteiger partial charge in [-0.15, -0.1) is 0 Å². The minimum absolute atomic E-state index is 0.0477. The quantitative estimate of drug-likeness (QED) is 0.174. The van der Waals surface area contributed by atoms with Crippen LogP contribution in [0.3, 0.4) is 0 Å². The van der Waals surface area contributed by atoms with Crippen LogP contribution in [0.1, 0.15) is 74.4 Å². The van der Waals surface area contributed by atoms with Gasteiger partial charge in [0.2, 0.25) is 0 Å². The molecule has 222 valence electrons. The van der Waals surface area contributed by atoms with Crippen molar-refractivity contribution in [3.05, 3.63) is 81.9 Å². The lowest BCUT2D eigenvalue weighted by Crippen LogP contribution is -2.22. The molecule has 0 N–H and O–H groups in total. The molecule has 0 amide bonds. The second-order valence-corrected chi connectivity index (χ2v) is 10.1. The first-order valence-electron chi connectivity index (χ1n) is 14.2. The van der Waals surface area contributed by atoms with E-state index in [4.69, 9.17) is 30.5 Å². The van der Waals surface area contributed by atoms with E-state index in [2.05, 4.69) is 13.8 Å². The van der Waals surface area contributed by atoms with Crippen molar-refractivity contribution in [2.45, 2.75) is 72.0 Å². The Balaban J connectivity index is 0.00000147. The number of halogens is 3. The van der Waals surface area contributed by atoms with Crippen molar-refractivity contribution < 1.29 is 32.5 Å². The zero-order valence-corrected chi connectivity index (χ0v) is 25.0. The van der Waals surface area contributed by atoms with Gasteiger partial charge in [0.05, 0.1) is 24.3 Å². The Hall–Kier alpha value is -3.00. The molecule has 3 aromatic rings. The van der Waals surface area contributed by atoms with Crippen molar-refractivity contribution in [1.29, 1.82) is 0 Å². The first-order chi connectivity index (χ1) is 19.9. The third kappa shape index (κ3) is 8.51. The van der Waals surface area contributed by atoms with Gasteiger partial charge in [0.15, 0.2) is 6.29 Å². The number of esters is 1. The monoisotopic (exact) mass is 588 g/mol. The van der Waals surface area contributed by atoms with E-state index >= 15 is 8.78 Å². The van der Waals surface area contributed by atoms with E-state index in [1.165, 1.54) is 25.7 Å². The van der Waals surface area contributed by atoms with E-state index in [1.54, 1.807) is 30.3 Å². The van der Waals surface area contributed by atoms with E-state index in [-0.39, 0.29) is 33.8 Å². The fourth-order valence-electron chi connectivity index (χ4n) is 4.62. The Kier molecular flexibility index (Phi) is 13.0. The predicted molar refractivity (Wildman–Crippen MR) is 158 cm³/mol. The van der Waals surface area contributed by atoms with Gasteiger partial charge in [-0.25, -0.2) is 13.6 Å². The molecule has 0 bridgehead atoms. The van der Waals surface area contributed by atoms with Crippen LogP contribution in [0.5, 0.6) is 11.5 Å². The van der Waals surface area contributed by atoms with Gasteiger partial charge in [0.1, 0.15) is 23.1 Å². The lowest BCUT2D eigenvalue weighted by atomic mass is 9.90. The molecule has 1 fully saturated rings. The number of ether oxygens (including phenoxy) is 4. The van der Waals surface area contributed by atoms with Gasteiger partial charge in [-0.1, -0.05) is 63.1 Å². The van der Waals surface area contributed by atoms with E-state index in [0.717, 1.165) is 19.3 Å². The van der Waals surface area contributed by atoms with Crippen molar-refractivity contribution in [3.63, 3.8) is 0 Å².